The van der Waals surface area contributed by atoms with E-state index in [1.807, 2.05) is 59.7 Å². The molecular formula is C33H43Cl2N5O3S. The van der Waals surface area contributed by atoms with Gasteiger partial charge in [0.25, 0.3) is 0 Å². The van der Waals surface area contributed by atoms with Crippen LogP contribution in [0.4, 0.5) is 0 Å². The fourth-order valence-electron chi connectivity index (χ4n) is 7.02. The van der Waals surface area contributed by atoms with Crippen LogP contribution in [0.15, 0.2) is 47.8 Å². The minimum absolute atomic E-state index is 0. The molecule has 2 amide bonds. The predicted molar refractivity (Wildman–Crippen MR) is 180 cm³/mol. The smallest absolute Gasteiger partial charge is 0.246 e. The van der Waals surface area contributed by atoms with E-state index in [1.54, 1.807) is 7.05 Å². The summed E-state index contributed by atoms with van der Waals surface area (Å²) in [5, 5.41) is 10.7. The summed E-state index contributed by atoms with van der Waals surface area (Å²) in [6, 6.07) is 12.8. The van der Waals surface area contributed by atoms with Gasteiger partial charge in [0.1, 0.15) is 16.7 Å². The SMILES string of the molecule is CN[C@@H](C)C(=O)N[C@H](C(=O)N1C[C@H]2CCCN2C[C@H]1c1nc(C(=O)c2cccc3ccccc23)cs1)C1CCCCC1.Cl.Cl. The second-order valence-corrected chi connectivity index (χ2v) is 13.0. The van der Waals surface area contributed by atoms with E-state index in [1.165, 1.54) is 17.8 Å². The first-order valence-corrected chi connectivity index (χ1v) is 16.3. The van der Waals surface area contributed by atoms with E-state index in [9.17, 15) is 14.4 Å². The first kappa shape index (κ1) is 34.3. The average Bonchev–Trinajstić information content (AvgIpc) is 3.72. The topological polar surface area (TPSA) is 94.6 Å². The second-order valence-electron chi connectivity index (χ2n) is 12.1. The lowest BCUT2D eigenvalue weighted by Crippen LogP contribution is -2.60. The van der Waals surface area contributed by atoms with Crippen LogP contribution in [0.3, 0.4) is 0 Å². The molecule has 0 unspecified atom stereocenters. The summed E-state index contributed by atoms with van der Waals surface area (Å²) in [7, 11) is 1.76. The standard InChI is InChI=1S/C33H41N5O3S.2ClH/c1-21(34-2)31(40)36-29(23-11-4-3-5-12-23)33(41)38-18-24-14-9-17-37(24)19-28(38)32-35-27(20-42-32)30(39)26-16-8-13-22-10-6-7-15-25(22)26;;/h6-8,10,13,15-16,20-21,23-24,28-29,34H,3-5,9,11-12,14,17-19H2,1-2H3,(H,36,40);2*1H/t21-,24+,28-,29-;;/m0../s1. The molecule has 0 bridgehead atoms. The van der Waals surface area contributed by atoms with Gasteiger partial charge >= 0.3 is 0 Å². The Kier molecular flexibility index (Phi) is 11.8. The summed E-state index contributed by atoms with van der Waals surface area (Å²) in [6.45, 7) is 4.15. The normalized spacial score (nSPS) is 21.9. The molecule has 3 aliphatic rings. The lowest BCUT2D eigenvalue weighted by Gasteiger charge is -2.45. The molecule has 3 heterocycles. The van der Waals surface area contributed by atoms with Crippen molar-refractivity contribution in [3.8, 4) is 0 Å². The highest BCUT2D eigenvalue weighted by Gasteiger charge is 2.44. The van der Waals surface area contributed by atoms with Crippen LogP contribution in [0.2, 0.25) is 0 Å². The van der Waals surface area contributed by atoms with Gasteiger partial charge in [-0.2, -0.15) is 0 Å². The van der Waals surface area contributed by atoms with Crippen LogP contribution in [-0.4, -0.2) is 77.2 Å². The Balaban J connectivity index is 0.00000221. The quantitative estimate of drug-likeness (QED) is 0.315. The van der Waals surface area contributed by atoms with Crippen LogP contribution in [0.25, 0.3) is 10.8 Å². The molecule has 3 fully saturated rings. The maximum absolute atomic E-state index is 14.5. The maximum atomic E-state index is 14.5. The zero-order chi connectivity index (χ0) is 29.2. The van der Waals surface area contributed by atoms with Crippen LogP contribution >= 0.6 is 36.2 Å². The number of rotatable bonds is 8. The minimum Gasteiger partial charge on any atom is -0.343 e. The highest BCUT2D eigenvalue weighted by Crippen LogP contribution is 2.37. The summed E-state index contributed by atoms with van der Waals surface area (Å²) in [4.78, 5) is 50.6. The number of piperazine rings is 1. The number of hydrogen-bond donors (Lipinski definition) is 2. The van der Waals surface area contributed by atoms with E-state index in [4.69, 9.17) is 4.98 Å². The summed E-state index contributed by atoms with van der Waals surface area (Å²) < 4.78 is 0. The van der Waals surface area contributed by atoms with Gasteiger partial charge in [-0.3, -0.25) is 19.3 Å². The van der Waals surface area contributed by atoms with Gasteiger partial charge in [-0.15, -0.1) is 36.2 Å². The maximum Gasteiger partial charge on any atom is 0.246 e. The molecule has 2 N–H and O–H groups in total. The van der Waals surface area contributed by atoms with E-state index in [2.05, 4.69) is 15.5 Å². The third kappa shape index (κ3) is 6.97. The van der Waals surface area contributed by atoms with Gasteiger partial charge in [0, 0.05) is 30.1 Å². The van der Waals surface area contributed by atoms with Crippen LogP contribution in [0, 0.1) is 5.92 Å². The number of fused-ring (bicyclic) bond motifs is 2. The number of benzene rings is 2. The highest BCUT2D eigenvalue weighted by atomic mass is 35.5. The van der Waals surface area contributed by atoms with Crippen molar-refractivity contribution in [1.29, 1.82) is 0 Å². The number of aromatic nitrogens is 1. The molecule has 1 saturated carbocycles. The number of nitrogens with zero attached hydrogens (tertiary/aromatic N) is 3. The molecule has 2 aromatic carbocycles. The lowest BCUT2D eigenvalue weighted by atomic mass is 9.82. The van der Waals surface area contributed by atoms with Crippen LogP contribution in [-0.2, 0) is 9.59 Å². The van der Waals surface area contributed by atoms with E-state index >= 15 is 0 Å². The summed E-state index contributed by atoms with van der Waals surface area (Å²) in [5.41, 5.74) is 1.06. The third-order valence-corrected chi connectivity index (χ3v) is 10.5. The Hall–Kier alpha value is -2.56. The van der Waals surface area contributed by atoms with Crippen molar-refractivity contribution in [2.75, 3.05) is 26.7 Å². The number of likely N-dealkylation sites (N-methyl/N-ethyl adjacent to an activating group) is 1. The molecule has 6 rings (SSSR count). The Labute approximate surface area is 276 Å². The van der Waals surface area contributed by atoms with Crippen LogP contribution < -0.4 is 10.6 Å². The number of carbonyl (C=O) groups excluding carboxylic acids is 3. The Bertz CT molecular complexity index is 1460. The van der Waals surface area contributed by atoms with Crippen molar-refractivity contribution in [3.05, 3.63) is 64.1 Å². The Morgan fingerprint density at radius 2 is 1.70 bits per heavy atom. The first-order valence-electron chi connectivity index (χ1n) is 15.4. The number of thiazole rings is 1. The third-order valence-electron chi connectivity index (χ3n) is 9.56. The van der Waals surface area contributed by atoms with Gasteiger partial charge in [0.05, 0.1) is 12.1 Å². The zero-order valence-corrected chi connectivity index (χ0v) is 27.8. The van der Waals surface area contributed by atoms with E-state index in [-0.39, 0.29) is 60.4 Å². The van der Waals surface area contributed by atoms with Crippen molar-refractivity contribution in [2.45, 2.75) is 76.0 Å². The lowest BCUT2D eigenvalue weighted by molar-refractivity contribution is -0.144. The first-order chi connectivity index (χ1) is 20.4. The summed E-state index contributed by atoms with van der Waals surface area (Å²) >= 11 is 1.46. The highest BCUT2D eigenvalue weighted by molar-refractivity contribution is 7.10. The van der Waals surface area contributed by atoms with Crippen LogP contribution in [0.5, 0.6) is 0 Å². The fourth-order valence-corrected chi connectivity index (χ4v) is 7.92. The molecule has 1 aromatic heterocycles. The van der Waals surface area contributed by atoms with Gasteiger partial charge in [0.15, 0.2) is 0 Å². The molecular weight excluding hydrogens is 617 g/mol. The van der Waals surface area contributed by atoms with Crippen molar-refractivity contribution in [1.82, 2.24) is 25.4 Å². The van der Waals surface area contributed by atoms with Crippen LogP contribution in [0.1, 0.15) is 79.0 Å². The molecule has 2 aliphatic heterocycles. The van der Waals surface area contributed by atoms with Crippen molar-refractivity contribution < 1.29 is 14.4 Å². The summed E-state index contributed by atoms with van der Waals surface area (Å²) in [6.07, 6.45) is 7.41. The number of halogens is 2. The van der Waals surface area contributed by atoms with Gasteiger partial charge in [0.2, 0.25) is 17.6 Å². The molecule has 11 heteroatoms. The predicted octanol–water partition coefficient (Wildman–Crippen LogP) is 5.39. The number of amides is 2. The van der Waals surface area contributed by atoms with Gasteiger partial charge in [-0.05, 0) is 62.9 Å². The molecule has 1 aliphatic carbocycles. The molecule has 238 valence electrons. The minimum atomic E-state index is -0.555. The number of nitrogens with one attached hydrogen (secondary N) is 2. The molecule has 2 saturated heterocycles. The molecule has 44 heavy (non-hydrogen) atoms. The number of carbonyl (C=O) groups is 3. The zero-order valence-electron chi connectivity index (χ0n) is 25.4. The van der Waals surface area contributed by atoms with Gasteiger partial charge in [-0.1, -0.05) is 61.7 Å². The van der Waals surface area contributed by atoms with Gasteiger partial charge < -0.3 is 15.5 Å². The Morgan fingerprint density at radius 1 is 0.955 bits per heavy atom. The van der Waals surface area contributed by atoms with E-state index < -0.39 is 6.04 Å². The van der Waals surface area contributed by atoms with Crippen molar-refractivity contribution in [2.24, 2.45) is 5.92 Å². The fraction of sp³-hybridized carbons (Fsp3) is 0.515. The molecule has 8 nitrogen and oxygen atoms in total. The molecule has 3 aromatic rings. The van der Waals surface area contributed by atoms with E-state index in [0.717, 1.165) is 60.8 Å². The average molecular weight is 661 g/mol. The van der Waals surface area contributed by atoms with Crippen molar-refractivity contribution >= 4 is 64.5 Å². The number of ketones is 1. The molecule has 0 spiro atoms. The Morgan fingerprint density at radius 3 is 2.48 bits per heavy atom. The largest absolute Gasteiger partial charge is 0.343 e. The molecule has 0 radical (unpaired) electrons. The van der Waals surface area contributed by atoms with Gasteiger partial charge in [-0.25, -0.2) is 4.98 Å². The molecule has 4 atom stereocenters. The van der Waals surface area contributed by atoms with E-state index in [0.29, 0.717) is 30.4 Å². The number of hydrogen-bond acceptors (Lipinski definition) is 7. The van der Waals surface area contributed by atoms with Crippen molar-refractivity contribution in [3.63, 3.8) is 0 Å². The summed E-state index contributed by atoms with van der Waals surface area (Å²) in [5.74, 6) is -0.126. The monoisotopic (exact) mass is 659 g/mol. The second kappa shape index (κ2) is 15.1.